The zero-order valence-electron chi connectivity index (χ0n) is 16.6. The number of carbonyl (C=O) groups excluding carboxylic acids is 2. The van der Waals surface area contributed by atoms with E-state index < -0.39 is 0 Å². The smallest absolute Gasteiger partial charge is 0.273 e. The summed E-state index contributed by atoms with van der Waals surface area (Å²) in [6.07, 6.45) is 1.03. The van der Waals surface area contributed by atoms with Crippen LogP contribution < -0.4 is 16.4 Å². The lowest BCUT2D eigenvalue weighted by atomic mass is 10.2. The number of benzene rings is 1. The predicted molar refractivity (Wildman–Crippen MR) is 110 cm³/mol. The Balaban J connectivity index is 1.53. The van der Waals surface area contributed by atoms with Gasteiger partial charge in [-0.05, 0) is 18.6 Å². The maximum absolute atomic E-state index is 12.5. The van der Waals surface area contributed by atoms with Crippen LogP contribution in [-0.2, 0) is 16.1 Å². The second kappa shape index (κ2) is 9.51. The molecule has 1 aliphatic rings. The van der Waals surface area contributed by atoms with Crippen molar-refractivity contribution >= 4 is 22.6 Å². The summed E-state index contributed by atoms with van der Waals surface area (Å²) in [5, 5.41) is 6.09. The largest absolute Gasteiger partial charge is 0.355 e. The van der Waals surface area contributed by atoms with Gasteiger partial charge in [0.25, 0.3) is 11.1 Å². The molecule has 1 aromatic carbocycles. The molecule has 3 rings (SSSR count). The third-order valence-corrected chi connectivity index (χ3v) is 5.10. The van der Waals surface area contributed by atoms with Gasteiger partial charge in [-0.2, -0.15) is 0 Å². The monoisotopic (exact) mass is 401 g/mol. The molecule has 1 aliphatic heterocycles. The van der Waals surface area contributed by atoms with Crippen LogP contribution in [0.25, 0.3) is 10.8 Å². The van der Waals surface area contributed by atoms with Crippen LogP contribution in [0.3, 0.4) is 0 Å². The van der Waals surface area contributed by atoms with Gasteiger partial charge in [0.2, 0.25) is 11.8 Å². The number of rotatable bonds is 7. The molecule has 1 fully saturated rings. The first-order valence-electron chi connectivity index (χ1n) is 9.98. The number of hydrogen-bond acceptors (Lipinski definition) is 5. The van der Waals surface area contributed by atoms with Crippen LogP contribution in [0.1, 0.15) is 19.8 Å². The van der Waals surface area contributed by atoms with Crippen LogP contribution in [0.5, 0.6) is 0 Å². The Morgan fingerprint density at radius 1 is 1.07 bits per heavy atom. The lowest BCUT2D eigenvalue weighted by Crippen LogP contribution is -2.51. The molecule has 0 bridgehead atoms. The van der Waals surface area contributed by atoms with Crippen molar-refractivity contribution in [2.75, 3.05) is 39.3 Å². The third kappa shape index (κ3) is 5.11. The molecule has 2 heterocycles. The first kappa shape index (κ1) is 20.8. The molecule has 1 saturated heterocycles. The van der Waals surface area contributed by atoms with E-state index in [1.807, 2.05) is 11.8 Å². The van der Waals surface area contributed by atoms with E-state index in [1.54, 1.807) is 29.2 Å². The highest BCUT2D eigenvalue weighted by molar-refractivity contribution is 5.80. The molecule has 2 aromatic rings. The molecule has 9 nitrogen and oxygen atoms in total. The van der Waals surface area contributed by atoms with E-state index in [2.05, 4.69) is 10.4 Å². The van der Waals surface area contributed by atoms with Gasteiger partial charge in [-0.3, -0.25) is 29.2 Å². The summed E-state index contributed by atoms with van der Waals surface area (Å²) in [4.78, 5) is 52.7. The number of fused-ring (bicyclic) bond motifs is 1. The molecular formula is C20H27N5O4. The number of aromatic amines is 1. The van der Waals surface area contributed by atoms with Crippen molar-refractivity contribution in [1.29, 1.82) is 0 Å². The van der Waals surface area contributed by atoms with Gasteiger partial charge in [0.05, 0.1) is 23.9 Å². The minimum Gasteiger partial charge on any atom is -0.355 e. The fourth-order valence-corrected chi connectivity index (χ4v) is 3.45. The number of H-pyrrole nitrogens is 1. The summed E-state index contributed by atoms with van der Waals surface area (Å²) in [5.41, 5.74) is -0.654. The molecule has 1 aromatic heterocycles. The van der Waals surface area contributed by atoms with Gasteiger partial charge >= 0.3 is 0 Å². The van der Waals surface area contributed by atoms with E-state index in [-0.39, 0.29) is 35.9 Å². The first-order valence-corrected chi connectivity index (χ1v) is 9.98. The number of hydrogen-bond donors (Lipinski definition) is 2. The van der Waals surface area contributed by atoms with E-state index >= 15 is 0 Å². The van der Waals surface area contributed by atoms with Crippen LogP contribution in [0, 0.1) is 0 Å². The average molecular weight is 401 g/mol. The van der Waals surface area contributed by atoms with E-state index in [1.165, 1.54) is 4.68 Å². The zero-order valence-corrected chi connectivity index (χ0v) is 16.6. The minimum absolute atomic E-state index is 0.00580. The summed E-state index contributed by atoms with van der Waals surface area (Å²) >= 11 is 0. The van der Waals surface area contributed by atoms with Crippen molar-refractivity contribution in [3.05, 3.63) is 45.0 Å². The van der Waals surface area contributed by atoms with Crippen molar-refractivity contribution in [2.24, 2.45) is 0 Å². The maximum Gasteiger partial charge on any atom is 0.273 e. The van der Waals surface area contributed by atoms with Crippen molar-refractivity contribution in [1.82, 2.24) is 24.9 Å². The van der Waals surface area contributed by atoms with E-state index in [9.17, 15) is 19.2 Å². The van der Waals surface area contributed by atoms with Crippen molar-refractivity contribution in [2.45, 2.75) is 26.3 Å². The number of carbonyl (C=O) groups is 2. The van der Waals surface area contributed by atoms with E-state index in [0.717, 1.165) is 6.42 Å². The Morgan fingerprint density at radius 2 is 1.76 bits per heavy atom. The Hall–Kier alpha value is -2.94. The van der Waals surface area contributed by atoms with Crippen molar-refractivity contribution in [3.63, 3.8) is 0 Å². The van der Waals surface area contributed by atoms with Gasteiger partial charge in [-0.1, -0.05) is 19.1 Å². The van der Waals surface area contributed by atoms with Crippen molar-refractivity contribution in [3.8, 4) is 0 Å². The third-order valence-electron chi connectivity index (χ3n) is 5.10. The molecule has 2 amide bonds. The molecule has 0 atom stereocenters. The Kier molecular flexibility index (Phi) is 6.82. The van der Waals surface area contributed by atoms with Crippen LogP contribution >= 0.6 is 0 Å². The predicted octanol–water partition coefficient (Wildman–Crippen LogP) is -0.250. The number of nitrogens with one attached hydrogen (secondary N) is 2. The molecule has 156 valence electrons. The molecule has 0 spiro atoms. The van der Waals surface area contributed by atoms with Gasteiger partial charge in [0, 0.05) is 39.1 Å². The zero-order chi connectivity index (χ0) is 20.8. The standard InChI is InChI=1S/C20H27N5O4/c1-2-8-21-17(26)14-23-10-12-24(13-11-23)18(27)7-9-25-20(29)16-6-4-3-5-15(16)19(28)22-25/h3-6H,2,7-14H2,1H3,(H,21,26)(H,22,28). The van der Waals surface area contributed by atoms with Crippen LogP contribution in [0.4, 0.5) is 0 Å². The van der Waals surface area contributed by atoms with Crippen LogP contribution in [-0.4, -0.2) is 70.7 Å². The maximum atomic E-state index is 12.5. The van der Waals surface area contributed by atoms with E-state index in [4.69, 9.17) is 0 Å². The first-order chi connectivity index (χ1) is 14.0. The van der Waals surface area contributed by atoms with Gasteiger partial charge in [-0.25, -0.2) is 4.68 Å². The lowest BCUT2D eigenvalue weighted by molar-refractivity contribution is -0.133. The molecular weight excluding hydrogens is 374 g/mol. The van der Waals surface area contributed by atoms with Crippen LogP contribution in [0.15, 0.2) is 33.9 Å². The number of amides is 2. The molecule has 0 aliphatic carbocycles. The SMILES string of the molecule is CCCNC(=O)CN1CCN(C(=O)CCn2[nH]c(=O)c3ccccc3c2=O)CC1. The quantitative estimate of drug-likeness (QED) is 0.665. The van der Waals surface area contributed by atoms with E-state index in [0.29, 0.717) is 50.0 Å². The summed E-state index contributed by atoms with van der Waals surface area (Å²) in [6, 6.07) is 6.63. The number of aromatic nitrogens is 2. The highest BCUT2D eigenvalue weighted by Gasteiger charge is 2.22. The minimum atomic E-state index is -0.345. The lowest BCUT2D eigenvalue weighted by Gasteiger charge is -2.34. The van der Waals surface area contributed by atoms with Gasteiger partial charge in [0.1, 0.15) is 0 Å². The summed E-state index contributed by atoms with van der Waals surface area (Å²) in [6.45, 7) is 5.51. The van der Waals surface area contributed by atoms with Gasteiger partial charge in [-0.15, -0.1) is 0 Å². The average Bonchev–Trinajstić information content (AvgIpc) is 2.74. The number of nitrogens with zero attached hydrogens (tertiary/aromatic N) is 3. The summed E-state index contributed by atoms with van der Waals surface area (Å²) < 4.78 is 1.21. The molecule has 0 radical (unpaired) electrons. The Labute approximate surface area is 168 Å². The Morgan fingerprint density at radius 3 is 2.45 bits per heavy atom. The molecule has 0 saturated carbocycles. The van der Waals surface area contributed by atoms with Crippen LogP contribution in [0.2, 0.25) is 0 Å². The second-order valence-electron chi connectivity index (χ2n) is 7.20. The van der Waals surface area contributed by atoms with Crippen molar-refractivity contribution < 1.29 is 9.59 Å². The topological polar surface area (TPSA) is 108 Å². The Bertz CT molecular complexity index is 988. The highest BCUT2D eigenvalue weighted by Crippen LogP contribution is 2.06. The highest BCUT2D eigenvalue weighted by atomic mass is 16.2. The summed E-state index contributed by atoms with van der Waals surface area (Å²) in [7, 11) is 0. The molecule has 2 N–H and O–H groups in total. The molecule has 0 unspecified atom stereocenters. The van der Waals surface area contributed by atoms with Gasteiger partial charge in [0.15, 0.2) is 0 Å². The fraction of sp³-hybridized carbons (Fsp3) is 0.500. The summed E-state index contributed by atoms with van der Waals surface area (Å²) in [5.74, 6) is -0.0627. The number of aryl methyl sites for hydroxylation is 1. The number of piperazine rings is 1. The van der Waals surface area contributed by atoms with Gasteiger partial charge < -0.3 is 10.2 Å². The molecule has 9 heteroatoms. The fourth-order valence-electron chi connectivity index (χ4n) is 3.45. The molecule has 29 heavy (non-hydrogen) atoms. The normalized spacial score (nSPS) is 14.9. The second-order valence-corrected chi connectivity index (χ2v) is 7.20.